The third-order valence-corrected chi connectivity index (χ3v) is 6.49. The fourth-order valence-electron chi connectivity index (χ4n) is 3.55. The van der Waals surface area contributed by atoms with Crippen LogP contribution in [0.5, 0.6) is 5.75 Å². The Morgan fingerprint density at radius 2 is 1.79 bits per heavy atom. The molecule has 1 atom stereocenters. The third kappa shape index (κ3) is 6.34. The number of hydrogen-bond acceptors (Lipinski definition) is 5. The van der Waals surface area contributed by atoms with Gasteiger partial charge < -0.3 is 14.9 Å². The molecule has 0 spiro atoms. The van der Waals surface area contributed by atoms with Crippen LogP contribution >= 0.6 is 11.3 Å². The van der Waals surface area contributed by atoms with Crippen molar-refractivity contribution in [1.29, 1.82) is 0 Å². The highest BCUT2D eigenvalue weighted by Crippen LogP contribution is 2.36. The first-order valence-electron chi connectivity index (χ1n) is 10.8. The zero-order chi connectivity index (χ0) is 24.2. The van der Waals surface area contributed by atoms with Crippen LogP contribution in [-0.2, 0) is 12.6 Å². The molecule has 0 saturated carbocycles. The highest BCUT2D eigenvalue weighted by Gasteiger charge is 2.30. The van der Waals surface area contributed by atoms with Gasteiger partial charge in [0.15, 0.2) is 0 Å². The van der Waals surface area contributed by atoms with Crippen LogP contribution in [0.3, 0.4) is 0 Å². The molecule has 0 amide bonds. The summed E-state index contributed by atoms with van der Waals surface area (Å²) in [5.74, 6) is 0.826. The van der Waals surface area contributed by atoms with Crippen LogP contribution in [0.25, 0.3) is 10.6 Å². The highest BCUT2D eigenvalue weighted by atomic mass is 32.1. The summed E-state index contributed by atoms with van der Waals surface area (Å²) in [4.78, 5) is 5.72. The Kier molecular flexibility index (Phi) is 8.15. The smallest absolute Gasteiger partial charge is 0.416 e. The Morgan fingerprint density at radius 1 is 1.09 bits per heavy atom. The van der Waals surface area contributed by atoms with Crippen molar-refractivity contribution in [2.75, 3.05) is 13.2 Å². The maximum Gasteiger partial charge on any atom is 0.416 e. The van der Waals surface area contributed by atoms with Crippen molar-refractivity contribution in [3.05, 3.63) is 69.7 Å². The second-order valence-electron chi connectivity index (χ2n) is 8.21. The van der Waals surface area contributed by atoms with E-state index >= 15 is 0 Å². The highest BCUT2D eigenvalue weighted by molar-refractivity contribution is 7.15. The van der Waals surface area contributed by atoms with Crippen molar-refractivity contribution in [2.45, 2.75) is 51.8 Å². The average molecular weight is 480 g/mol. The van der Waals surface area contributed by atoms with Gasteiger partial charge in [-0.2, -0.15) is 13.2 Å². The zero-order valence-corrected chi connectivity index (χ0v) is 19.6. The van der Waals surface area contributed by atoms with Gasteiger partial charge in [-0.05, 0) is 61.1 Å². The molecule has 0 aliphatic rings. The normalized spacial score (nSPS) is 12.9. The van der Waals surface area contributed by atoms with Crippen molar-refractivity contribution in [3.8, 4) is 16.3 Å². The minimum Gasteiger partial charge on any atom is -0.491 e. The topological polar surface area (TPSA) is 62.6 Å². The van der Waals surface area contributed by atoms with E-state index in [0.717, 1.165) is 33.8 Å². The quantitative estimate of drug-likeness (QED) is 0.378. The Bertz CT molecular complexity index is 1060. The number of aliphatic hydroxyl groups is 2. The number of ether oxygens (including phenoxy) is 1. The van der Waals surface area contributed by atoms with Crippen LogP contribution in [0.1, 0.15) is 59.6 Å². The summed E-state index contributed by atoms with van der Waals surface area (Å²) in [6.07, 6.45) is -3.94. The summed E-state index contributed by atoms with van der Waals surface area (Å²) in [7, 11) is 0. The number of aliphatic hydroxyl groups excluding tert-OH is 2. The van der Waals surface area contributed by atoms with Gasteiger partial charge >= 0.3 is 6.18 Å². The third-order valence-electron chi connectivity index (χ3n) is 5.31. The zero-order valence-electron chi connectivity index (χ0n) is 18.8. The van der Waals surface area contributed by atoms with Gasteiger partial charge in [0.1, 0.15) is 17.4 Å². The second kappa shape index (κ2) is 10.7. The van der Waals surface area contributed by atoms with Gasteiger partial charge in [0.05, 0.1) is 24.0 Å². The molecule has 2 aromatic carbocycles. The lowest BCUT2D eigenvalue weighted by Gasteiger charge is -2.14. The maximum atomic E-state index is 12.9. The number of nitrogens with zero attached hydrogens (tertiary/aromatic N) is 1. The van der Waals surface area contributed by atoms with Gasteiger partial charge in [-0.1, -0.05) is 32.0 Å². The Morgan fingerprint density at radius 3 is 2.36 bits per heavy atom. The molecule has 1 heterocycles. The van der Waals surface area contributed by atoms with Gasteiger partial charge in [0.25, 0.3) is 0 Å². The molecular formula is C25H28F3NO3S. The molecule has 0 fully saturated rings. The number of alkyl halides is 3. The van der Waals surface area contributed by atoms with Crippen molar-refractivity contribution in [3.63, 3.8) is 0 Å². The lowest BCUT2D eigenvalue weighted by Crippen LogP contribution is -2.05. The van der Waals surface area contributed by atoms with Crippen molar-refractivity contribution >= 4 is 11.3 Å². The van der Waals surface area contributed by atoms with Crippen LogP contribution in [0.4, 0.5) is 13.2 Å². The van der Waals surface area contributed by atoms with Crippen LogP contribution in [0.2, 0.25) is 0 Å². The summed E-state index contributed by atoms with van der Waals surface area (Å²) in [6.45, 7) is 6.10. The SMILES string of the molecule is Cc1cc([C@@H](O)CCc2sc(-c3ccc(C(F)(F)F)cc3)nc2C(C)C)ccc1OCCO. The predicted molar refractivity (Wildman–Crippen MR) is 124 cm³/mol. The predicted octanol–water partition coefficient (Wildman–Crippen LogP) is 6.30. The molecular weight excluding hydrogens is 451 g/mol. The lowest BCUT2D eigenvalue weighted by atomic mass is 10.00. The first kappa shape index (κ1) is 25.2. The fourth-order valence-corrected chi connectivity index (χ4v) is 4.79. The van der Waals surface area contributed by atoms with E-state index in [1.807, 2.05) is 32.9 Å². The molecule has 33 heavy (non-hydrogen) atoms. The molecule has 1 aromatic heterocycles. The first-order valence-corrected chi connectivity index (χ1v) is 11.6. The number of benzene rings is 2. The van der Waals surface area contributed by atoms with Gasteiger partial charge in [-0.15, -0.1) is 11.3 Å². The molecule has 0 bridgehead atoms. The van der Waals surface area contributed by atoms with E-state index < -0.39 is 17.8 Å². The molecule has 0 aliphatic heterocycles. The summed E-state index contributed by atoms with van der Waals surface area (Å²) >= 11 is 1.46. The summed E-state index contributed by atoms with van der Waals surface area (Å²) in [5, 5.41) is 20.3. The molecule has 0 unspecified atom stereocenters. The van der Waals surface area contributed by atoms with Crippen molar-refractivity contribution < 1.29 is 28.1 Å². The minimum atomic E-state index is -4.37. The molecule has 0 aliphatic carbocycles. The largest absolute Gasteiger partial charge is 0.491 e. The Labute approximate surface area is 195 Å². The number of rotatable bonds is 9. The number of halogens is 3. The van der Waals surface area contributed by atoms with Crippen molar-refractivity contribution in [1.82, 2.24) is 4.98 Å². The summed E-state index contributed by atoms with van der Waals surface area (Å²) in [6, 6.07) is 10.5. The molecule has 4 nitrogen and oxygen atoms in total. The fraction of sp³-hybridized carbons (Fsp3) is 0.400. The molecule has 2 N–H and O–H groups in total. The average Bonchev–Trinajstić information content (AvgIpc) is 3.21. The van der Waals surface area contributed by atoms with Gasteiger partial charge in [-0.25, -0.2) is 4.98 Å². The first-order chi connectivity index (χ1) is 15.6. The number of aromatic nitrogens is 1. The van der Waals surface area contributed by atoms with E-state index in [-0.39, 0.29) is 19.1 Å². The Hall–Kier alpha value is -2.42. The van der Waals surface area contributed by atoms with Gasteiger partial charge in [0.2, 0.25) is 0 Å². The van der Waals surface area contributed by atoms with E-state index in [1.54, 1.807) is 6.07 Å². The van der Waals surface area contributed by atoms with Gasteiger partial charge in [0, 0.05) is 10.4 Å². The van der Waals surface area contributed by atoms with Crippen LogP contribution in [0, 0.1) is 6.92 Å². The van der Waals surface area contributed by atoms with E-state index in [1.165, 1.54) is 23.5 Å². The number of hydrogen-bond donors (Lipinski definition) is 2. The van der Waals surface area contributed by atoms with E-state index in [9.17, 15) is 18.3 Å². The van der Waals surface area contributed by atoms with Crippen LogP contribution in [0.15, 0.2) is 42.5 Å². The monoisotopic (exact) mass is 479 g/mol. The molecule has 0 radical (unpaired) electrons. The maximum absolute atomic E-state index is 12.9. The molecule has 3 rings (SSSR count). The van der Waals surface area contributed by atoms with Gasteiger partial charge in [-0.3, -0.25) is 0 Å². The molecule has 3 aromatic rings. The molecule has 178 valence electrons. The standard InChI is InChI=1S/C25H28F3NO3S/c1-15(2)23-22(33-24(29-23)17-4-7-19(8-5-17)25(26,27)28)11-9-20(31)18-6-10-21(16(3)14-18)32-13-12-30/h4-8,10,14-15,20,30-31H,9,11-13H2,1-3H3/t20-/m0/s1. The summed E-state index contributed by atoms with van der Waals surface area (Å²) < 4.78 is 44.0. The summed E-state index contributed by atoms with van der Waals surface area (Å²) in [5.41, 5.74) is 2.54. The van der Waals surface area contributed by atoms with E-state index in [2.05, 4.69) is 0 Å². The van der Waals surface area contributed by atoms with Crippen molar-refractivity contribution in [2.24, 2.45) is 0 Å². The van der Waals surface area contributed by atoms with Crippen LogP contribution < -0.4 is 4.74 Å². The number of thiazole rings is 1. The number of aryl methyl sites for hydroxylation is 2. The van der Waals surface area contributed by atoms with Crippen LogP contribution in [-0.4, -0.2) is 28.4 Å². The second-order valence-corrected chi connectivity index (χ2v) is 9.29. The molecule has 0 saturated heterocycles. The Balaban J connectivity index is 1.74. The minimum absolute atomic E-state index is 0.0642. The van der Waals surface area contributed by atoms with E-state index in [0.29, 0.717) is 29.2 Å². The lowest BCUT2D eigenvalue weighted by molar-refractivity contribution is -0.137. The molecule has 8 heteroatoms. The van der Waals surface area contributed by atoms with E-state index in [4.69, 9.17) is 14.8 Å².